The Balaban J connectivity index is 2.31. The molecule has 3 heteroatoms. The number of aromatic hydroxyl groups is 1. The maximum atomic E-state index is 11.2. The van der Waals surface area contributed by atoms with E-state index in [-0.39, 0.29) is 5.91 Å². The third-order valence-corrected chi connectivity index (χ3v) is 2.69. The molecular formula is C11H13NO2. The summed E-state index contributed by atoms with van der Waals surface area (Å²) in [6, 6.07) is 5.48. The lowest BCUT2D eigenvalue weighted by atomic mass is 9.99. The van der Waals surface area contributed by atoms with Crippen molar-refractivity contribution in [2.45, 2.75) is 19.9 Å². The summed E-state index contributed by atoms with van der Waals surface area (Å²) >= 11 is 0. The number of nitrogens with zero attached hydrogens (tertiary/aromatic N) is 1. The highest BCUT2D eigenvalue weighted by Gasteiger charge is 2.19. The average molecular weight is 191 g/mol. The number of rotatable bonds is 0. The predicted octanol–water partition coefficient (Wildman–Crippen LogP) is 1.30. The second kappa shape index (κ2) is 3.33. The molecule has 2 rings (SSSR count). The lowest BCUT2D eigenvalue weighted by Gasteiger charge is -2.28. The van der Waals surface area contributed by atoms with Crippen molar-refractivity contribution in [2.24, 2.45) is 0 Å². The van der Waals surface area contributed by atoms with Crippen LogP contribution in [0.15, 0.2) is 18.2 Å². The van der Waals surface area contributed by atoms with Crippen LogP contribution in [0.1, 0.15) is 18.1 Å². The maximum absolute atomic E-state index is 11.2. The van der Waals surface area contributed by atoms with Crippen LogP contribution in [-0.2, 0) is 17.8 Å². The van der Waals surface area contributed by atoms with Crippen molar-refractivity contribution in [3.8, 4) is 5.75 Å². The van der Waals surface area contributed by atoms with Gasteiger partial charge in [0.1, 0.15) is 5.75 Å². The quantitative estimate of drug-likeness (QED) is 0.671. The molecule has 0 fully saturated rings. The van der Waals surface area contributed by atoms with Gasteiger partial charge in [-0.25, -0.2) is 0 Å². The molecule has 0 aliphatic carbocycles. The Morgan fingerprint density at radius 3 is 3.00 bits per heavy atom. The number of carbonyl (C=O) groups excluding carboxylic acids is 1. The smallest absolute Gasteiger partial charge is 0.219 e. The van der Waals surface area contributed by atoms with Crippen LogP contribution in [0.4, 0.5) is 0 Å². The maximum Gasteiger partial charge on any atom is 0.219 e. The van der Waals surface area contributed by atoms with Crippen LogP contribution in [0.25, 0.3) is 0 Å². The molecule has 0 bridgehead atoms. The summed E-state index contributed by atoms with van der Waals surface area (Å²) in [5.74, 6) is 0.449. The molecule has 1 aromatic carbocycles. The molecule has 1 aromatic rings. The third-order valence-electron chi connectivity index (χ3n) is 2.69. The second-order valence-corrected chi connectivity index (χ2v) is 3.61. The largest absolute Gasteiger partial charge is 0.508 e. The fourth-order valence-corrected chi connectivity index (χ4v) is 1.86. The molecule has 0 aromatic heterocycles. The minimum atomic E-state index is 0.0963. The number of phenols is 1. The number of hydrogen-bond acceptors (Lipinski definition) is 2. The van der Waals surface area contributed by atoms with Gasteiger partial charge in [0.25, 0.3) is 0 Å². The molecule has 3 nitrogen and oxygen atoms in total. The van der Waals surface area contributed by atoms with Gasteiger partial charge in [0.05, 0.1) is 0 Å². The van der Waals surface area contributed by atoms with Crippen LogP contribution >= 0.6 is 0 Å². The first-order valence-electron chi connectivity index (χ1n) is 4.73. The van der Waals surface area contributed by atoms with E-state index < -0.39 is 0 Å². The molecule has 14 heavy (non-hydrogen) atoms. The van der Waals surface area contributed by atoms with Crippen LogP contribution in [-0.4, -0.2) is 22.5 Å². The molecule has 1 amide bonds. The zero-order valence-corrected chi connectivity index (χ0v) is 8.16. The molecule has 0 radical (unpaired) electrons. The van der Waals surface area contributed by atoms with Crippen LogP contribution in [0.2, 0.25) is 0 Å². The number of fused-ring (bicyclic) bond motifs is 1. The average Bonchev–Trinajstić information content (AvgIpc) is 2.17. The molecule has 0 atom stereocenters. The number of amides is 1. The lowest BCUT2D eigenvalue weighted by molar-refractivity contribution is -0.129. The summed E-state index contributed by atoms with van der Waals surface area (Å²) in [7, 11) is 0. The van der Waals surface area contributed by atoms with Gasteiger partial charge in [0.2, 0.25) is 5.91 Å². The van der Waals surface area contributed by atoms with Crippen molar-refractivity contribution in [3.63, 3.8) is 0 Å². The Morgan fingerprint density at radius 1 is 1.50 bits per heavy atom. The van der Waals surface area contributed by atoms with Crippen molar-refractivity contribution >= 4 is 5.91 Å². The molecule has 1 aliphatic rings. The molecule has 1 heterocycles. The van der Waals surface area contributed by atoms with E-state index in [0.717, 1.165) is 17.5 Å². The van der Waals surface area contributed by atoms with Crippen molar-refractivity contribution in [1.29, 1.82) is 0 Å². The van der Waals surface area contributed by atoms with E-state index in [1.165, 1.54) is 0 Å². The van der Waals surface area contributed by atoms with Gasteiger partial charge in [0.15, 0.2) is 0 Å². The molecule has 0 saturated heterocycles. The van der Waals surface area contributed by atoms with Gasteiger partial charge in [-0.1, -0.05) is 12.1 Å². The highest BCUT2D eigenvalue weighted by Crippen LogP contribution is 2.26. The van der Waals surface area contributed by atoms with Gasteiger partial charge in [-0.15, -0.1) is 0 Å². The minimum Gasteiger partial charge on any atom is -0.508 e. The highest BCUT2D eigenvalue weighted by molar-refractivity contribution is 5.73. The summed E-state index contributed by atoms with van der Waals surface area (Å²) in [4.78, 5) is 13.0. The van der Waals surface area contributed by atoms with E-state index in [2.05, 4.69) is 0 Å². The normalized spacial score (nSPS) is 15.1. The SMILES string of the molecule is CC(=O)N1CCc2c(O)cccc2C1. The fraction of sp³-hybridized carbons (Fsp3) is 0.364. The Bertz CT molecular complexity index is 374. The van der Waals surface area contributed by atoms with E-state index in [0.29, 0.717) is 18.8 Å². The van der Waals surface area contributed by atoms with E-state index in [1.807, 2.05) is 12.1 Å². The third kappa shape index (κ3) is 1.45. The van der Waals surface area contributed by atoms with Gasteiger partial charge < -0.3 is 10.0 Å². The standard InChI is InChI=1S/C11H13NO2/c1-8(13)12-6-5-10-9(7-12)3-2-4-11(10)14/h2-4,14H,5-7H2,1H3. The summed E-state index contributed by atoms with van der Waals surface area (Å²) in [6.07, 6.45) is 0.752. The molecular weight excluding hydrogens is 178 g/mol. The van der Waals surface area contributed by atoms with Gasteiger partial charge in [0, 0.05) is 25.6 Å². The van der Waals surface area contributed by atoms with Crippen molar-refractivity contribution in [3.05, 3.63) is 29.3 Å². The van der Waals surface area contributed by atoms with E-state index >= 15 is 0 Å². The van der Waals surface area contributed by atoms with Gasteiger partial charge in [-0.05, 0) is 18.1 Å². The van der Waals surface area contributed by atoms with Gasteiger partial charge in [-0.3, -0.25) is 4.79 Å². The number of benzene rings is 1. The molecule has 0 unspecified atom stereocenters. The Morgan fingerprint density at radius 2 is 2.29 bits per heavy atom. The molecule has 0 spiro atoms. The van der Waals surface area contributed by atoms with E-state index in [1.54, 1.807) is 17.9 Å². The Labute approximate surface area is 83.0 Å². The summed E-state index contributed by atoms with van der Waals surface area (Å²) in [5, 5.41) is 9.58. The van der Waals surface area contributed by atoms with Crippen LogP contribution < -0.4 is 0 Å². The molecule has 1 aliphatic heterocycles. The summed E-state index contributed by atoms with van der Waals surface area (Å²) in [6.45, 7) is 2.91. The Kier molecular flexibility index (Phi) is 2.15. The highest BCUT2D eigenvalue weighted by atomic mass is 16.3. The van der Waals surface area contributed by atoms with Crippen molar-refractivity contribution in [2.75, 3.05) is 6.54 Å². The zero-order valence-electron chi connectivity index (χ0n) is 8.16. The lowest BCUT2D eigenvalue weighted by Crippen LogP contribution is -2.34. The molecule has 74 valence electrons. The molecule has 0 saturated carbocycles. The van der Waals surface area contributed by atoms with E-state index in [9.17, 15) is 9.90 Å². The molecule has 1 N–H and O–H groups in total. The number of carbonyl (C=O) groups is 1. The van der Waals surface area contributed by atoms with Crippen LogP contribution in [0.3, 0.4) is 0 Å². The van der Waals surface area contributed by atoms with Gasteiger partial charge in [-0.2, -0.15) is 0 Å². The van der Waals surface area contributed by atoms with E-state index in [4.69, 9.17) is 0 Å². The topological polar surface area (TPSA) is 40.5 Å². The monoisotopic (exact) mass is 191 g/mol. The first-order valence-corrected chi connectivity index (χ1v) is 4.73. The zero-order chi connectivity index (χ0) is 10.1. The Hall–Kier alpha value is -1.51. The first-order chi connectivity index (χ1) is 6.68. The number of hydrogen-bond donors (Lipinski definition) is 1. The number of phenolic OH excluding ortho intramolecular Hbond substituents is 1. The summed E-state index contributed by atoms with van der Waals surface area (Å²) < 4.78 is 0. The summed E-state index contributed by atoms with van der Waals surface area (Å²) in [5.41, 5.74) is 2.05. The first kappa shape index (κ1) is 9.06. The van der Waals surface area contributed by atoms with Crippen LogP contribution in [0, 0.1) is 0 Å². The van der Waals surface area contributed by atoms with Crippen molar-refractivity contribution in [1.82, 2.24) is 4.90 Å². The fourth-order valence-electron chi connectivity index (χ4n) is 1.86. The van der Waals surface area contributed by atoms with Gasteiger partial charge >= 0.3 is 0 Å². The minimum absolute atomic E-state index is 0.0963. The second-order valence-electron chi connectivity index (χ2n) is 3.61. The van der Waals surface area contributed by atoms with Crippen molar-refractivity contribution < 1.29 is 9.90 Å². The predicted molar refractivity (Wildman–Crippen MR) is 52.9 cm³/mol. The van der Waals surface area contributed by atoms with Crippen LogP contribution in [0.5, 0.6) is 5.75 Å².